The van der Waals surface area contributed by atoms with Crippen LogP contribution in [-0.2, 0) is 4.79 Å². The number of amides is 1. The molecule has 2 aliphatic rings. The van der Waals surface area contributed by atoms with Gasteiger partial charge in [0.15, 0.2) is 0 Å². The molecule has 1 N–H and O–H groups in total. The quantitative estimate of drug-likeness (QED) is 0.841. The van der Waals surface area contributed by atoms with Gasteiger partial charge < -0.3 is 10.2 Å². The molecular formula is C15H29N3O. The summed E-state index contributed by atoms with van der Waals surface area (Å²) in [6, 6.07) is 1.14. The number of carbonyl (C=O) groups excluding carboxylic acids is 1. The molecule has 19 heavy (non-hydrogen) atoms. The summed E-state index contributed by atoms with van der Waals surface area (Å²) >= 11 is 0. The van der Waals surface area contributed by atoms with Crippen LogP contribution in [0.1, 0.15) is 45.4 Å². The maximum Gasteiger partial charge on any atom is 0.241 e. The number of likely N-dealkylation sites (N-methyl/N-ethyl adjacent to an activating group) is 2. The van der Waals surface area contributed by atoms with Gasteiger partial charge in [0.05, 0.1) is 0 Å². The van der Waals surface area contributed by atoms with Gasteiger partial charge >= 0.3 is 0 Å². The highest BCUT2D eigenvalue weighted by atomic mass is 16.2. The fourth-order valence-electron chi connectivity index (χ4n) is 3.71. The molecule has 2 fully saturated rings. The van der Waals surface area contributed by atoms with E-state index in [1.54, 1.807) is 0 Å². The van der Waals surface area contributed by atoms with Crippen molar-refractivity contribution in [3.8, 4) is 0 Å². The van der Waals surface area contributed by atoms with Crippen LogP contribution in [-0.4, -0.2) is 61.0 Å². The molecule has 1 saturated heterocycles. The zero-order valence-electron chi connectivity index (χ0n) is 12.7. The molecular weight excluding hydrogens is 238 g/mol. The molecule has 0 aromatic heterocycles. The average Bonchev–Trinajstić information content (AvgIpc) is 2.53. The van der Waals surface area contributed by atoms with Gasteiger partial charge in [-0.05, 0) is 33.2 Å². The van der Waals surface area contributed by atoms with Crippen molar-refractivity contribution in [1.29, 1.82) is 0 Å². The molecule has 4 heteroatoms. The van der Waals surface area contributed by atoms with E-state index in [1.165, 1.54) is 32.1 Å². The highest BCUT2D eigenvalue weighted by molar-refractivity contribution is 5.82. The molecule has 1 aliphatic heterocycles. The first kappa shape index (κ1) is 14.8. The topological polar surface area (TPSA) is 35.6 Å². The van der Waals surface area contributed by atoms with Crippen molar-refractivity contribution in [2.75, 3.05) is 27.2 Å². The smallest absolute Gasteiger partial charge is 0.241 e. The van der Waals surface area contributed by atoms with Crippen LogP contribution < -0.4 is 5.32 Å². The van der Waals surface area contributed by atoms with E-state index in [0.717, 1.165) is 19.5 Å². The third kappa shape index (κ3) is 3.29. The van der Waals surface area contributed by atoms with Gasteiger partial charge in [0.2, 0.25) is 5.91 Å². The van der Waals surface area contributed by atoms with Crippen LogP contribution in [0.4, 0.5) is 0 Å². The second-order valence-electron chi connectivity index (χ2n) is 6.21. The van der Waals surface area contributed by atoms with Gasteiger partial charge in [-0.1, -0.05) is 19.3 Å². The van der Waals surface area contributed by atoms with Gasteiger partial charge in [0.1, 0.15) is 6.04 Å². The highest BCUT2D eigenvalue weighted by Gasteiger charge is 2.38. The third-order valence-electron chi connectivity index (χ3n) is 4.81. The Labute approximate surface area is 117 Å². The van der Waals surface area contributed by atoms with Crippen molar-refractivity contribution in [3.63, 3.8) is 0 Å². The Hall–Kier alpha value is -0.610. The van der Waals surface area contributed by atoms with E-state index in [-0.39, 0.29) is 6.04 Å². The van der Waals surface area contributed by atoms with Gasteiger partial charge in [-0.25, -0.2) is 0 Å². The van der Waals surface area contributed by atoms with Crippen molar-refractivity contribution < 1.29 is 4.79 Å². The Kier molecular flexibility index (Phi) is 5.22. The van der Waals surface area contributed by atoms with Crippen molar-refractivity contribution in [1.82, 2.24) is 15.1 Å². The summed E-state index contributed by atoms with van der Waals surface area (Å²) < 4.78 is 0. The van der Waals surface area contributed by atoms with Crippen LogP contribution in [0.3, 0.4) is 0 Å². The van der Waals surface area contributed by atoms with Crippen LogP contribution in [0, 0.1) is 0 Å². The summed E-state index contributed by atoms with van der Waals surface area (Å²) in [4.78, 5) is 17.0. The molecule has 4 nitrogen and oxygen atoms in total. The molecule has 0 aromatic rings. The number of hydrogen-bond donors (Lipinski definition) is 1. The number of rotatable bonds is 3. The molecule has 110 valence electrons. The number of nitrogens with one attached hydrogen (secondary N) is 1. The Morgan fingerprint density at radius 2 is 1.89 bits per heavy atom. The minimum Gasteiger partial charge on any atom is -0.344 e. The number of carbonyl (C=O) groups is 1. The standard InChI is InChI=1S/C15H29N3O/c1-12-9-10-17(3)15(19)14(11-16-2)18(12)13-7-5-4-6-8-13/h12-14,16H,4-11H2,1-3H3. The van der Waals surface area contributed by atoms with Crippen molar-refractivity contribution >= 4 is 5.91 Å². The number of hydrogen-bond acceptors (Lipinski definition) is 3. The second-order valence-corrected chi connectivity index (χ2v) is 6.21. The van der Waals surface area contributed by atoms with Crippen molar-refractivity contribution in [3.05, 3.63) is 0 Å². The molecule has 1 saturated carbocycles. The minimum absolute atomic E-state index is 0.0237. The third-order valence-corrected chi connectivity index (χ3v) is 4.81. The monoisotopic (exact) mass is 267 g/mol. The molecule has 1 amide bonds. The summed E-state index contributed by atoms with van der Waals surface area (Å²) in [5, 5.41) is 3.22. The summed E-state index contributed by atoms with van der Waals surface area (Å²) in [5.74, 6) is 0.296. The molecule has 0 spiro atoms. The van der Waals surface area contributed by atoms with E-state index in [4.69, 9.17) is 0 Å². The molecule has 2 atom stereocenters. The molecule has 0 bridgehead atoms. The Bertz CT molecular complexity index is 302. The van der Waals surface area contributed by atoms with E-state index in [1.807, 2.05) is 19.0 Å². The first-order valence-corrected chi connectivity index (χ1v) is 7.82. The van der Waals surface area contributed by atoms with Crippen LogP contribution in [0.2, 0.25) is 0 Å². The predicted octanol–water partition coefficient (Wildman–Crippen LogP) is 1.46. The van der Waals surface area contributed by atoms with Gasteiger partial charge in [0, 0.05) is 32.2 Å². The van der Waals surface area contributed by atoms with Crippen molar-refractivity contribution in [2.24, 2.45) is 0 Å². The SMILES string of the molecule is CNCC1C(=O)N(C)CCC(C)N1C1CCCCC1. The van der Waals surface area contributed by atoms with Gasteiger partial charge in [-0.15, -0.1) is 0 Å². The second kappa shape index (κ2) is 6.71. The Morgan fingerprint density at radius 3 is 2.53 bits per heavy atom. The lowest BCUT2D eigenvalue weighted by Gasteiger charge is -2.41. The molecule has 0 aromatic carbocycles. The normalized spacial score (nSPS) is 31.5. The maximum absolute atomic E-state index is 12.6. The highest BCUT2D eigenvalue weighted by Crippen LogP contribution is 2.28. The summed E-state index contributed by atoms with van der Waals surface area (Å²) in [6.45, 7) is 3.96. The first-order valence-electron chi connectivity index (χ1n) is 7.82. The van der Waals surface area contributed by atoms with Crippen LogP contribution in [0.15, 0.2) is 0 Å². The molecule has 1 aliphatic carbocycles. The van der Waals surface area contributed by atoms with Gasteiger partial charge in [0.25, 0.3) is 0 Å². The lowest BCUT2D eigenvalue weighted by molar-refractivity contribution is -0.135. The van der Waals surface area contributed by atoms with Crippen molar-refractivity contribution in [2.45, 2.75) is 63.6 Å². The van der Waals surface area contributed by atoms with Gasteiger partial charge in [-0.3, -0.25) is 9.69 Å². The first-order chi connectivity index (χ1) is 9.15. The summed E-state index contributed by atoms with van der Waals surface area (Å²) in [6.07, 6.45) is 7.64. The Morgan fingerprint density at radius 1 is 1.21 bits per heavy atom. The summed E-state index contributed by atoms with van der Waals surface area (Å²) in [7, 11) is 3.89. The largest absolute Gasteiger partial charge is 0.344 e. The lowest BCUT2D eigenvalue weighted by Crippen LogP contribution is -2.56. The minimum atomic E-state index is 0.0237. The van der Waals surface area contributed by atoms with Gasteiger partial charge in [-0.2, -0.15) is 0 Å². The van der Waals surface area contributed by atoms with Crippen LogP contribution >= 0.6 is 0 Å². The fourth-order valence-corrected chi connectivity index (χ4v) is 3.71. The molecule has 2 unspecified atom stereocenters. The van der Waals surface area contributed by atoms with Crippen LogP contribution in [0.25, 0.3) is 0 Å². The van der Waals surface area contributed by atoms with E-state index < -0.39 is 0 Å². The molecule has 2 rings (SSSR count). The average molecular weight is 267 g/mol. The zero-order chi connectivity index (χ0) is 13.8. The van der Waals surface area contributed by atoms with E-state index in [0.29, 0.717) is 18.0 Å². The molecule has 1 heterocycles. The number of nitrogens with zero attached hydrogens (tertiary/aromatic N) is 2. The maximum atomic E-state index is 12.6. The zero-order valence-corrected chi connectivity index (χ0v) is 12.7. The fraction of sp³-hybridized carbons (Fsp3) is 0.933. The van der Waals surface area contributed by atoms with Crippen LogP contribution in [0.5, 0.6) is 0 Å². The molecule has 0 radical (unpaired) electrons. The van der Waals surface area contributed by atoms with E-state index in [2.05, 4.69) is 17.1 Å². The van der Waals surface area contributed by atoms with E-state index in [9.17, 15) is 4.79 Å². The summed E-state index contributed by atoms with van der Waals surface area (Å²) in [5.41, 5.74) is 0. The lowest BCUT2D eigenvalue weighted by atomic mass is 9.91. The predicted molar refractivity (Wildman–Crippen MR) is 78.1 cm³/mol. The Balaban J connectivity index is 2.19. The van der Waals surface area contributed by atoms with E-state index >= 15 is 0 Å².